The van der Waals surface area contributed by atoms with Crippen LogP contribution in [0.25, 0.3) is 0 Å². The fourth-order valence-corrected chi connectivity index (χ4v) is 5.45. The number of amides is 1. The second kappa shape index (κ2) is 8.21. The summed E-state index contributed by atoms with van der Waals surface area (Å²) in [7, 11) is 0. The Balaban J connectivity index is 1.60. The molecule has 5 heteroatoms. The van der Waals surface area contributed by atoms with E-state index >= 15 is 0 Å². The van der Waals surface area contributed by atoms with Gasteiger partial charge in [0.15, 0.2) is 0 Å². The normalized spacial score (nSPS) is 16.7. The maximum atomic E-state index is 13.2. The van der Waals surface area contributed by atoms with Gasteiger partial charge in [0.1, 0.15) is 0 Å². The largest absolute Gasteiger partial charge is 0.308 e. The average molecular weight is 395 g/mol. The lowest BCUT2D eigenvalue weighted by atomic mass is 9.98. The quantitative estimate of drug-likeness (QED) is 0.551. The van der Waals surface area contributed by atoms with Gasteiger partial charge in [-0.2, -0.15) is 0 Å². The molecule has 138 valence electrons. The maximum Gasteiger partial charge on any atom is 0.241 e. The summed E-state index contributed by atoms with van der Waals surface area (Å²) in [6.45, 7) is 5.65. The second-order valence-corrected chi connectivity index (χ2v) is 8.55. The van der Waals surface area contributed by atoms with E-state index in [0.29, 0.717) is 13.1 Å². The van der Waals surface area contributed by atoms with Gasteiger partial charge in [-0.3, -0.25) is 9.69 Å². The van der Waals surface area contributed by atoms with Crippen molar-refractivity contribution < 1.29 is 4.79 Å². The second-order valence-electron chi connectivity index (χ2n) is 6.57. The van der Waals surface area contributed by atoms with Crippen LogP contribution in [0, 0.1) is 0 Å². The molecule has 0 unspecified atom stereocenters. The van der Waals surface area contributed by atoms with Crippen molar-refractivity contribution in [1.29, 1.82) is 0 Å². The summed E-state index contributed by atoms with van der Waals surface area (Å²) in [5, 5.41) is 4.29. The summed E-state index contributed by atoms with van der Waals surface area (Å²) < 4.78 is 0. The number of hydrogen-bond donors (Lipinski definition) is 0. The first-order chi connectivity index (χ1) is 13.3. The molecule has 1 aliphatic rings. The van der Waals surface area contributed by atoms with Crippen LogP contribution in [0.1, 0.15) is 21.4 Å². The molecule has 3 aromatic rings. The Morgan fingerprint density at radius 2 is 2.00 bits per heavy atom. The maximum absolute atomic E-state index is 13.2. The molecule has 0 radical (unpaired) electrons. The third kappa shape index (κ3) is 3.76. The molecule has 0 aliphatic carbocycles. The molecule has 1 aliphatic heterocycles. The van der Waals surface area contributed by atoms with Crippen molar-refractivity contribution in [2.24, 2.45) is 0 Å². The number of hydrogen-bond acceptors (Lipinski definition) is 4. The molecule has 1 aromatic carbocycles. The van der Waals surface area contributed by atoms with E-state index in [-0.39, 0.29) is 11.9 Å². The number of carbonyl (C=O) groups is 1. The molecule has 27 heavy (non-hydrogen) atoms. The molecule has 4 rings (SSSR count). The first-order valence-electron chi connectivity index (χ1n) is 9.08. The van der Waals surface area contributed by atoms with Crippen molar-refractivity contribution in [3.8, 4) is 0 Å². The summed E-state index contributed by atoms with van der Waals surface area (Å²) in [4.78, 5) is 20.1. The van der Waals surface area contributed by atoms with Gasteiger partial charge in [0.25, 0.3) is 0 Å². The number of nitrogens with zero attached hydrogens (tertiary/aromatic N) is 2. The summed E-state index contributed by atoms with van der Waals surface area (Å²) in [6.07, 6.45) is 2.80. The topological polar surface area (TPSA) is 23.6 Å². The van der Waals surface area contributed by atoms with Gasteiger partial charge in [0.05, 0.1) is 12.6 Å². The van der Waals surface area contributed by atoms with Crippen LogP contribution in [-0.2, 0) is 11.2 Å². The molecule has 0 saturated carbocycles. The Hall–Kier alpha value is -2.21. The Morgan fingerprint density at radius 3 is 2.74 bits per heavy atom. The number of benzene rings is 1. The average Bonchev–Trinajstić information content (AvgIpc) is 3.38. The summed E-state index contributed by atoms with van der Waals surface area (Å²) in [6, 6.07) is 16.5. The van der Waals surface area contributed by atoms with E-state index in [1.807, 2.05) is 46.6 Å². The van der Waals surface area contributed by atoms with Crippen molar-refractivity contribution >= 4 is 34.3 Å². The molecule has 2 aromatic heterocycles. The highest BCUT2D eigenvalue weighted by molar-refractivity contribution is 7.10. The van der Waals surface area contributed by atoms with E-state index in [1.54, 1.807) is 17.4 Å². The fourth-order valence-electron chi connectivity index (χ4n) is 3.67. The standard InChI is InChI=1S/C22H22N2OS2/c1-2-12-24(17-7-4-3-5-8-17)21(25)16-23-13-10-19-18(11-15-27-19)22(23)20-9-6-14-26-20/h2-9,11,14-15,22H,1,10,12-13,16H2/t22-/m0/s1. The number of rotatable bonds is 6. The first kappa shape index (κ1) is 18.2. The van der Waals surface area contributed by atoms with E-state index in [1.165, 1.54) is 15.3 Å². The predicted molar refractivity (Wildman–Crippen MR) is 115 cm³/mol. The first-order valence-corrected chi connectivity index (χ1v) is 10.8. The van der Waals surface area contributed by atoms with Crippen molar-refractivity contribution in [2.75, 3.05) is 24.5 Å². The van der Waals surface area contributed by atoms with Crippen LogP contribution in [0.2, 0.25) is 0 Å². The van der Waals surface area contributed by atoms with Crippen LogP contribution < -0.4 is 4.90 Å². The number of carbonyl (C=O) groups excluding carboxylic acids is 1. The minimum absolute atomic E-state index is 0.112. The number of fused-ring (bicyclic) bond motifs is 1. The lowest BCUT2D eigenvalue weighted by Crippen LogP contribution is -2.44. The van der Waals surface area contributed by atoms with Crippen LogP contribution in [0.3, 0.4) is 0 Å². The third-order valence-corrected chi connectivity index (χ3v) is 6.82. The monoisotopic (exact) mass is 394 g/mol. The highest BCUT2D eigenvalue weighted by Crippen LogP contribution is 2.39. The molecule has 0 spiro atoms. The van der Waals surface area contributed by atoms with Gasteiger partial charge in [0, 0.05) is 28.5 Å². The number of thiophene rings is 2. The van der Waals surface area contributed by atoms with Crippen LogP contribution in [0.4, 0.5) is 5.69 Å². The van der Waals surface area contributed by atoms with E-state index in [4.69, 9.17) is 0 Å². The van der Waals surface area contributed by atoms with E-state index in [2.05, 4.69) is 40.4 Å². The molecule has 0 saturated heterocycles. The molecule has 3 heterocycles. The summed E-state index contributed by atoms with van der Waals surface area (Å²) in [5.74, 6) is 0.112. The lowest BCUT2D eigenvalue weighted by Gasteiger charge is -2.36. The van der Waals surface area contributed by atoms with E-state index < -0.39 is 0 Å². The minimum atomic E-state index is 0.112. The van der Waals surface area contributed by atoms with Gasteiger partial charge in [-0.25, -0.2) is 0 Å². The zero-order valence-corrected chi connectivity index (χ0v) is 16.7. The van der Waals surface area contributed by atoms with E-state index in [9.17, 15) is 4.79 Å². The number of para-hydroxylation sites is 1. The van der Waals surface area contributed by atoms with Crippen molar-refractivity contribution in [1.82, 2.24) is 4.90 Å². The van der Waals surface area contributed by atoms with E-state index in [0.717, 1.165) is 18.7 Å². The van der Waals surface area contributed by atoms with Gasteiger partial charge in [-0.15, -0.1) is 29.3 Å². The zero-order valence-electron chi connectivity index (χ0n) is 15.1. The smallest absolute Gasteiger partial charge is 0.241 e. The summed E-state index contributed by atoms with van der Waals surface area (Å²) in [5.41, 5.74) is 2.28. The zero-order chi connectivity index (χ0) is 18.6. The Labute approximate surface area is 168 Å². The van der Waals surface area contributed by atoms with Crippen LogP contribution >= 0.6 is 22.7 Å². The van der Waals surface area contributed by atoms with Crippen molar-refractivity contribution in [3.05, 3.63) is 87.3 Å². The molecule has 3 nitrogen and oxygen atoms in total. The van der Waals surface area contributed by atoms with Gasteiger partial charge in [-0.1, -0.05) is 30.3 Å². The number of anilines is 1. The molecule has 1 amide bonds. The van der Waals surface area contributed by atoms with Gasteiger partial charge >= 0.3 is 0 Å². The van der Waals surface area contributed by atoms with Crippen molar-refractivity contribution in [2.45, 2.75) is 12.5 Å². The SMILES string of the molecule is C=CCN(C(=O)CN1CCc2sccc2[C@H]1c1cccs1)c1ccccc1. The van der Waals surface area contributed by atoms with Gasteiger partial charge in [-0.05, 0) is 47.0 Å². The molecule has 1 atom stereocenters. The molecular formula is C22H22N2OS2. The third-order valence-electron chi connectivity index (χ3n) is 4.90. The fraction of sp³-hybridized carbons (Fsp3) is 0.227. The molecule has 0 fully saturated rings. The lowest BCUT2D eigenvalue weighted by molar-refractivity contribution is -0.120. The Bertz CT molecular complexity index is 902. The Morgan fingerprint density at radius 1 is 1.15 bits per heavy atom. The van der Waals surface area contributed by atoms with Crippen LogP contribution in [-0.4, -0.2) is 30.4 Å². The highest BCUT2D eigenvalue weighted by atomic mass is 32.1. The highest BCUT2D eigenvalue weighted by Gasteiger charge is 2.32. The van der Waals surface area contributed by atoms with Crippen LogP contribution in [0.5, 0.6) is 0 Å². The summed E-state index contributed by atoms with van der Waals surface area (Å²) >= 11 is 3.59. The van der Waals surface area contributed by atoms with Gasteiger partial charge < -0.3 is 4.90 Å². The minimum Gasteiger partial charge on any atom is -0.308 e. The molecule has 0 bridgehead atoms. The van der Waals surface area contributed by atoms with Crippen molar-refractivity contribution in [3.63, 3.8) is 0 Å². The molecular weight excluding hydrogens is 372 g/mol. The Kier molecular flexibility index (Phi) is 5.53. The van der Waals surface area contributed by atoms with Crippen LogP contribution in [0.15, 0.2) is 71.9 Å². The molecule has 0 N–H and O–H groups in total. The predicted octanol–water partition coefficient (Wildman–Crippen LogP) is 4.98. The van der Waals surface area contributed by atoms with Gasteiger partial charge in [0.2, 0.25) is 5.91 Å².